The molecule has 0 unspecified atom stereocenters. The van der Waals surface area contributed by atoms with E-state index in [1.54, 1.807) is 29.5 Å². The van der Waals surface area contributed by atoms with Crippen LogP contribution in [-0.4, -0.2) is 33.4 Å². The Morgan fingerprint density at radius 1 is 1.19 bits per heavy atom. The summed E-state index contributed by atoms with van der Waals surface area (Å²) in [5, 5.41) is 7.39. The van der Waals surface area contributed by atoms with Gasteiger partial charge in [-0.2, -0.15) is 5.10 Å². The Hall–Kier alpha value is -2.99. The number of ether oxygens (including phenoxy) is 1. The molecule has 6 nitrogen and oxygen atoms in total. The van der Waals surface area contributed by atoms with E-state index in [1.165, 1.54) is 0 Å². The Labute approximate surface area is 151 Å². The number of rotatable bonds is 5. The maximum atomic E-state index is 12.8. The van der Waals surface area contributed by atoms with Crippen molar-refractivity contribution in [2.45, 2.75) is 25.0 Å². The molecule has 1 aliphatic rings. The predicted octanol–water partition coefficient (Wildman–Crippen LogP) is 2.92. The minimum absolute atomic E-state index is 0.00489. The van der Waals surface area contributed by atoms with Crippen molar-refractivity contribution in [2.75, 3.05) is 6.61 Å². The number of nitrogens with zero attached hydrogens (tertiary/aromatic N) is 3. The van der Waals surface area contributed by atoms with Gasteiger partial charge >= 0.3 is 0 Å². The Bertz CT molecular complexity index is 858. The van der Waals surface area contributed by atoms with Crippen molar-refractivity contribution >= 4 is 5.91 Å². The number of aromatic nitrogens is 3. The SMILES string of the molecule is O=C(N[C@@H](c1ccccc1)[C@H]1CCCO1)c1cnn(-c2cccnc2)c1. The normalized spacial score (nSPS) is 17.8. The summed E-state index contributed by atoms with van der Waals surface area (Å²) in [6.07, 6.45) is 8.64. The second kappa shape index (κ2) is 7.49. The van der Waals surface area contributed by atoms with Crippen LogP contribution in [-0.2, 0) is 4.74 Å². The molecule has 0 saturated carbocycles. The lowest BCUT2D eigenvalue weighted by atomic mass is 9.99. The largest absolute Gasteiger partial charge is 0.376 e. The van der Waals surface area contributed by atoms with Gasteiger partial charge in [0.15, 0.2) is 0 Å². The first-order valence-corrected chi connectivity index (χ1v) is 8.74. The van der Waals surface area contributed by atoms with Crippen molar-refractivity contribution < 1.29 is 9.53 Å². The number of carbonyl (C=O) groups is 1. The van der Waals surface area contributed by atoms with E-state index < -0.39 is 0 Å². The molecule has 2 aromatic heterocycles. The third kappa shape index (κ3) is 3.50. The van der Waals surface area contributed by atoms with Gasteiger partial charge in [-0.1, -0.05) is 30.3 Å². The van der Waals surface area contributed by atoms with Crippen LogP contribution in [0.5, 0.6) is 0 Å². The van der Waals surface area contributed by atoms with Gasteiger partial charge in [0, 0.05) is 19.0 Å². The van der Waals surface area contributed by atoms with E-state index in [9.17, 15) is 4.79 Å². The number of benzene rings is 1. The van der Waals surface area contributed by atoms with E-state index >= 15 is 0 Å². The Kier molecular flexibility index (Phi) is 4.75. The number of hydrogen-bond donors (Lipinski definition) is 1. The van der Waals surface area contributed by atoms with Crippen molar-refractivity contribution in [3.8, 4) is 5.69 Å². The minimum Gasteiger partial charge on any atom is -0.376 e. The van der Waals surface area contributed by atoms with Crippen LogP contribution in [0.2, 0.25) is 0 Å². The van der Waals surface area contributed by atoms with Gasteiger partial charge in [0.25, 0.3) is 5.91 Å². The molecule has 0 spiro atoms. The molecule has 0 aliphatic carbocycles. The van der Waals surface area contributed by atoms with Crippen LogP contribution >= 0.6 is 0 Å². The number of pyridine rings is 1. The molecule has 1 aliphatic heterocycles. The quantitative estimate of drug-likeness (QED) is 0.770. The van der Waals surface area contributed by atoms with Crippen molar-refractivity contribution in [2.24, 2.45) is 0 Å². The first-order valence-electron chi connectivity index (χ1n) is 8.74. The second-order valence-corrected chi connectivity index (χ2v) is 6.30. The van der Waals surface area contributed by atoms with Gasteiger partial charge in [0.1, 0.15) is 0 Å². The molecule has 3 aromatic rings. The van der Waals surface area contributed by atoms with Crippen LogP contribution < -0.4 is 5.32 Å². The van der Waals surface area contributed by atoms with Gasteiger partial charge in [0.2, 0.25) is 0 Å². The Morgan fingerprint density at radius 2 is 2.08 bits per heavy atom. The summed E-state index contributed by atoms with van der Waals surface area (Å²) >= 11 is 0. The second-order valence-electron chi connectivity index (χ2n) is 6.30. The molecule has 132 valence electrons. The Balaban J connectivity index is 1.54. The summed E-state index contributed by atoms with van der Waals surface area (Å²) in [7, 11) is 0. The molecule has 3 heterocycles. The first kappa shape index (κ1) is 16.5. The van der Waals surface area contributed by atoms with Gasteiger partial charge < -0.3 is 10.1 Å². The number of amides is 1. The van der Waals surface area contributed by atoms with E-state index in [0.29, 0.717) is 5.56 Å². The molecule has 1 N–H and O–H groups in total. The fraction of sp³-hybridized carbons (Fsp3) is 0.250. The van der Waals surface area contributed by atoms with Gasteiger partial charge in [-0.25, -0.2) is 4.68 Å². The number of carbonyl (C=O) groups excluding carboxylic acids is 1. The molecule has 6 heteroatoms. The van der Waals surface area contributed by atoms with E-state index in [4.69, 9.17) is 4.74 Å². The molecular formula is C20H20N4O2. The maximum absolute atomic E-state index is 12.8. The van der Waals surface area contributed by atoms with E-state index in [1.807, 2.05) is 42.5 Å². The molecule has 1 saturated heterocycles. The molecule has 26 heavy (non-hydrogen) atoms. The average Bonchev–Trinajstić information content (AvgIpc) is 3.39. The van der Waals surface area contributed by atoms with Crippen molar-refractivity contribution in [3.63, 3.8) is 0 Å². The minimum atomic E-state index is -0.173. The van der Waals surface area contributed by atoms with E-state index in [0.717, 1.165) is 30.7 Å². The molecule has 2 atom stereocenters. The van der Waals surface area contributed by atoms with Crippen LogP contribution in [0.1, 0.15) is 34.8 Å². The monoisotopic (exact) mass is 348 g/mol. The molecule has 1 aromatic carbocycles. The summed E-state index contributed by atoms with van der Waals surface area (Å²) in [6, 6.07) is 13.5. The maximum Gasteiger partial charge on any atom is 0.255 e. The zero-order valence-electron chi connectivity index (χ0n) is 14.3. The van der Waals surface area contributed by atoms with Crippen LogP contribution in [0.4, 0.5) is 0 Å². The van der Waals surface area contributed by atoms with Crippen LogP contribution in [0.3, 0.4) is 0 Å². The van der Waals surface area contributed by atoms with E-state index in [2.05, 4.69) is 15.4 Å². The summed E-state index contributed by atoms with van der Waals surface area (Å²) in [4.78, 5) is 16.9. The summed E-state index contributed by atoms with van der Waals surface area (Å²) in [6.45, 7) is 0.739. The highest BCUT2D eigenvalue weighted by molar-refractivity contribution is 5.94. The van der Waals surface area contributed by atoms with Crippen LogP contribution in [0.25, 0.3) is 5.69 Å². The summed E-state index contributed by atoms with van der Waals surface area (Å²) < 4.78 is 7.48. The smallest absolute Gasteiger partial charge is 0.255 e. The van der Waals surface area contributed by atoms with Gasteiger partial charge in [-0.3, -0.25) is 9.78 Å². The fourth-order valence-electron chi connectivity index (χ4n) is 3.21. The highest BCUT2D eigenvalue weighted by Crippen LogP contribution is 2.27. The first-order chi connectivity index (χ1) is 12.8. The fourth-order valence-corrected chi connectivity index (χ4v) is 3.21. The average molecular weight is 348 g/mol. The summed E-state index contributed by atoms with van der Waals surface area (Å²) in [5.74, 6) is -0.163. The summed E-state index contributed by atoms with van der Waals surface area (Å²) in [5.41, 5.74) is 2.37. The molecule has 1 amide bonds. The lowest BCUT2D eigenvalue weighted by Crippen LogP contribution is -2.36. The number of hydrogen-bond acceptors (Lipinski definition) is 4. The van der Waals surface area contributed by atoms with Crippen LogP contribution in [0, 0.1) is 0 Å². The lowest BCUT2D eigenvalue weighted by Gasteiger charge is -2.24. The molecular weight excluding hydrogens is 328 g/mol. The third-order valence-electron chi connectivity index (χ3n) is 4.54. The van der Waals surface area contributed by atoms with Crippen molar-refractivity contribution in [1.29, 1.82) is 0 Å². The van der Waals surface area contributed by atoms with Crippen molar-refractivity contribution in [3.05, 3.63) is 78.4 Å². The molecule has 0 bridgehead atoms. The molecule has 0 radical (unpaired) electrons. The number of nitrogens with one attached hydrogen (secondary N) is 1. The van der Waals surface area contributed by atoms with Crippen LogP contribution in [0.15, 0.2) is 67.3 Å². The van der Waals surface area contributed by atoms with Gasteiger partial charge in [-0.15, -0.1) is 0 Å². The zero-order valence-corrected chi connectivity index (χ0v) is 14.3. The van der Waals surface area contributed by atoms with Gasteiger partial charge in [-0.05, 0) is 30.5 Å². The highest BCUT2D eigenvalue weighted by atomic mass is 16.5. The standard InChI is InChI=1S/C20H20N4O2/c25-20(16-12-22-24(14-16)17-8-4-10-21-13-17)23-19(18-9-5-11-26-18)15-6-2-1-3-7-15/h1-4,6-8,10,12-14,18-19H,5,9,11H2,(H,23,25)/t18-,19+/m1/s1. The molecule has 4 rings (SSSR count). The zero-order chi connectivity index (χ0) is 17.8. The lowest BCUT2D eigenvalue weighted by molar-refractivity contribution is 0.0672. The topological polar surface area (TPSA) is 69.0 Å². The van der Waals surface area contributed by atoms with Gasteiger partial charge in [0.05, 0.1) is 35.8 Å². The Morgan fingerprint density at radius 3 is 2.81 bits per heavy atom. The predicted molar refractivity (Wildman–Crippen MR) is 97.0 cm³/mol. The van der Waals surface area contributed by atoms with Crippen molar-refractivity contribution in [1.82, 2.24) is 20.1 Å². The third-order valence-corrected chi connectivity index (χ3v) is 4.54. The molecule has 1 fully saturated rings. The van der Waals surface area contributed by atoms with E-state index in [-0.39, 0.29) is 18.1 Å². The highest BCUT2D eigenvalue weighted by Gasteiger charge is 2.29.